The summed E-state index contributed by atoms with van der Waals surface area (Å²) in [4.78, 5) is 12.2. The largest absolute Gasteiger partial charge is 0.423 e. The van der Waals surface area contributed by atoms with Crippen LogP contribution in [0.2, 0.25) is 5.02 Å². The summed E-state index contributed by atoms with van der Waals surface area (Å²) >= 11 is 7.58. The highest BCUT2D eigenvalue weighted by Crippen LogP contribution is 2.31. The first-order chi connectivity index (χ1) is 14.9. The van der Waals surface area contributed by atoms with E-state index in [0.29, 0.717) is 22.3 Å². The maximum Gasteiger partial charge on any atom is 0.336 e. The fourth-order valence-corrected chi connectivity index (χ4v) is 4.89. The molecular formula is C24H24ClN3O2S. The Morgan fingerprint density at radius 3 is 2.55 bits per heavy atom. The van der Waals surface area contributed by atoms with E-state index < -0.39 is 0 Å². The van der Waals surface area contributed by atoms with Crippen LogP contribution in [0.1, 0.15) is 43.4 Å². The van der Waals surface area contributed by atoms with Gasteiger partial charge in [0.15, 0.2) is 11.0 Å². The van der Waals surface area contributed by atoms with Crippen LogP contribution in [-0.2, 0) is 12.3 Å². The molecule has 2 heterocycles. The molecule has 0 saturated heterocycles. The Balaban J connectivity index is 1.69. The van der Waals surface area contributed by atoms with Crippen LogP contribution >= 0.6 is 23.4 Å². The van der Waals surface area contributed by atoms with Gasteiger partial charge in [0.1, 0.15) is 5.58 Å². The van der Waals surface area contributed by atoms with Crippen LogP contribution in [0.3, 0.4) is 0 Å². The molecule has 0 saturated carbocycles. The van der Waals surface area contributed by atoms with Gasteiger partial charge in [-0.3, -0.25) is 0 Å². The summed E-state index contributed by atoms with van der Waals surface area (Å²) in [5.74, 6) is 1.79. The number of halogens is 1. The van der Waals surface area contributed by atoms with E-state index in [0.717, 1.165) is 39.6 Å². The van der Waals surface area contributed by atoms with Crippen molar-refractivity contribution >= 4 is 34.3 Å². The van der Waals surface area contributed by atoms with Gasteiger partial charge in [-0.05, 0) is 72.9 Å². The standard InChI is InChI=1S/C24H24ClN3O2S/c1-5-28-23(16-6-8-18(25)9-7-16)26-27-24(28)31-13-17-11-22(29)30-21-10-15(4)19(14(2)3)12-20(17)21/h6-12,14H,5,13H2,1-4H3. The Morgan fingerprint density at radius 2 is 1.87 bits per heavy atom. The predicted octanol–water partition coefficient (Wildman–Crippen LogP) is 6.45. The van der Waals surface area contributed by atoms with Crippen LogP contribution in [0, 0.1) is 6.92 Å². The van der Waals surface area contributed by atoms with Crippen molar-refractivity contribution in [1.82, 2.24) is 14.8 Å². The second kappa shape index (κ2) is 8.89. The third-order valence-corrected chi connectivity index (χ3v) is 6.60. The third kappa shape index (κ3) is 4.41. The SMILES string of the molecule is CCn1c(SCc2cc(=O)oc3cc(C)c(C(C)C)cc23)nnc1-c1ccc(Cl)cc1. The van der Waals surface area contributed by atoms with E-state index in [2.05, 4.69) is 48.5 Å². The molecule has 2 aromatic carbocycles. The van der Waals surface area contributed by atoms with E-state index in [1.807, 2.05) is 30.3 Å². The first-order valence-corrected chi connectivity index (χ1v) is 11.6. The monoisotopic (exact) mass is 453 g/mol. The average molecular weight is 454 g/mol. The van der Waals surface area contributed by atoms with Gasteiger partial charge in [-0.1, -0.05) is 37.2 Å². The molecule has 0 unspecified atom stereocenters. The average Bonchev–Trinajstić information content (AvgIpc) is 3.14. The molecular weight excluding hydrogens is 430 g/mol. The molecule has 0 amide bonds. The van der Waals surface area contributed by atoms with Crippen molar-refractivity contribution < 1.29 is 4.42 Å². The van der Waals surface area contributed by atoms with Crippen molar-refractivity contribution in [2.75, 3.05) is 0 Å². The van der Waals surface area contributed by atoms with Gasteiger partial charge in [0.2, 0.25) is 0 Å². The molecule has 160 valence electrons. The van der Waals surface area contributed by atoms with Crippen molar-refractivity contribution in [3.05, 3.63) is 74.6 Å². The number of rotatable bonds is 6. The number of aromatic nitrogens is 3. The Hall–Kier alpha value is -2.57. The highest BCUT2D eigenvalue weighted by atomic mass is 35.5. The van der Waals surface area contributed by atoms with Crippen LogP contribution in [0.25, 0.3) is 22.4 Å². The number of nitrogens with zero attached hydrogens (tertiary/aromatic N) is 3. The molecule has 4 aromatic rings. The number of fused-ring (bicyclic) bond motifs is 1. The Kier molecular flexibility index (Phi) is 6.21. The summed E-state index contributed by atoms with van der Waals surface area (Å²) in [7, 11) is 0. The zero-order valence-electron chi connectivity index (χ0n) is 18.0. The molecule has 31 heavy (non-hydrogen) atoms. The lowest BCUT2D eigenvalue weighted by atomic mass is 9.95. The Morgan fingerprint density at radius 1 is 1.13 bits per heavy atom. The summed E-state index contributed by atoms with van der Waals surface area (Å²) in [6, 6.07) is 13.3. The molecule has 0 radical (unpaired) electrons. The molecule has 0 bridgehead atoms. The number of hydrogen-bond acceptors (Lipinski definition) is 5. The minimum absolute atomic E-state index is 0.335. The Bertz CT molecular complexity index is 1290. The molecule has 7 heteroatoms. The second-order valence-electron chi connectivity index (χ2n) is 7.80. The predicted molar refractivity (Wildman–Crippen MR) is 127 cm³/mol. The number of aryl methyl sites for hydroxylation is 1. The van der Waals surface area contributed by atoms with Crippen molar-refractivity contribution in [3.63, 3.8) is 0 Å². The molecule has 0 atom stereocenters. The van der Waals surface area contributed by atoms with Gasteiger partial charge in [-0.15, -0.1) is 10.2 Å². The first-order valence-electron chi connectivity index (χ1n) is 10.3. The van der Waals surface area contributed by atoms with E-state index in [1.54, 1.807) is 17.8 Å². The number of benzene rings is 2. The topological polar surface area (TPSA) is 60.9 Å². The van der Waals surface area contributed by atoms with Gasteiger partial charge in [-0.25, -0.2) is 4.79 Å². The quantitative estimate of drug-likeness (QED) is 0.248. The third-order valence-electron chi connectivity index (χ3n) is 5.33. The lowest BCUT2D eigenvalue weighted by Crippen LogP contribution is -2.03. The van der Waals surface area contributed by atoms with Gasteiger partial charge < -0.3 is 8.98 Å². The molecule has 0 aliphatic rings. The van der Waals surface area contributed by atoms with Gasteiger partial charge in [0.05, 0.1) is 0 Å². The maximum atomic E-state index is 12.2. The lowest BCUT2D eigenvalue weighted by molar-refractivity contribution is 0.559. The van der Waals surface area contributed by atoms with Crippen LogP contribution in [0.4, 0.5) is 0 Å². The van der Waals surface area contributed by atoms with Gasteiger partial charge in [-0.2, -0.15) is 0 Å². The summed E-state index contributed by atoms with van der Waals surface area (Å²) in [5.41, 5.74) is 4.59. The highest BCUT2D eigenvalue weighted by Gasteiger charge is 2.16. The summed E-state index contributed by atoms with van der Waals surface area (Å²) < 4.78 is 7.55. The molecule has 0 N–H and O–H groups in total. The fraction of sp³-hybridized carbons (Fsp3) is 0.292. The normalized spacial score (nSPS) is 11.5. The lowest BCUT2D eigenvalue weighted by Gasteiger charge is -2.13. The van der Waals surface area contributed by atoms with Gasteiger partial charge in [0.25, 0.3) is 0 Å². The zero-order chi connectivity index (χ0) is 22.1. The van der Waals surface area contributed by atoms with E-state index in [9.17, 15) is 4.79 Å². The number of thioether (sulfide) groups is 1. The van der Waals surface area contributed by atoms with Crippen LogP contribution in [-0.4, -0.2) is 14.8 Å². The molecule has 0 fully saturated rings. The van der Waals surface area contributed by atoms with Crippen molar-refractivity contribution in [2.24, 2.45) is 0 Å². The fourth-order valence-electron chi connectivity index (χ4n) is 3.77. The minimum atomic E-state index is -0.335. The van der Waals surface area contributed by atoms with Crippen LogP contribution < -0.4 is 5.63 Å². The second-order valence-corrected chi connectivity index (χ2v) is 9.18. The Labute approximate surface area is 190 Å². The number of hydrogen-bond donors (Lipinski definition) is 0. The first kappa shape index (κ1) is 21.7. The molecule has 0 aliphatic heterocycles. The van der Waals surface area contributed by atoms with Gasteiger partial charge >= 0.3 is 5.63 Å². The van der Waals surface area contributed by atoms with E-state index in [-0.39, 0.29) is 5.63 Å². The zero-order valence-corrected chi connectivity index (χ0v) is 19.5. The molecule has 0 aliphatic carbocycles. The molecule has 2 aromatic heterocycles. The summed E-state index contributed by atoms with van der Waals surface area (Å²) in [6.45, 7) is 9.20. The van der Waals surface area contributed by atoms with E-state index >= 15 is 0 Å². The smallest absolute Gasteiger partial charge is 0.336 e. The minimum Gasteiger partial charge on any atom is -0.423 e. The van der Waals surface area contributed by atoms with Gasteiger partial charge in [0, 0.05) is 34.3 Å². The van der Waals surface area contributed by atoms with E-state index in [1.165, 1.54) is 5.56 Å². The summed E-state index contributed by atoms with van der Waals surface area (Å²) in [5, 5.41) is 11.3. The maximum absolute atomic E-state index is 12.2. The van der Waals surface area contributed by atoms with Crippen molar-refractivity contribution in [2.45, 2.75) is 51.1 Å². The van der Waals surface area contributed by atoms with Crippen molar-refractivity contribution in [3.8, 4) is 11.4 Å². The van der Waals surface area contributed by atoms with Crippen LogP contribution in [0.15, 0.2) is 56.8 Å². The van der Waals surface area contributed by atoms with Crippen LogP contribution in [0.5, 0.6) is 0 Å². The van der Waals surface area contributed by atoms with E-state index in [4.69, 9.17) is 16.0 Å². The van der Waals surface area contributed by atoms with Crippen molar-refractivity contribution in [1.29, 1.82) is 0 Å². The molecule has 0 spiro atoms. The molecule has 5 nitrogen and oxygen atoms in total. The highest BCUT2D eigenvalue weighted by molar-refractivity contribution is 7.98. The molecule has 4 rings (SSSR count). The summed E-state index contributed by atoms with van der Waals surface area (Å²) in [6.07, 6.45) is 0.